The summed E-state index contributed by atoms with van der Waals surface area (Å²) >= 11 is 0. The summed E-state index contributed by atoms with van der Waals surface area (Å²) in [7, 11) is 6.15. The molecule has 0 heterocycles. The first-order valence-corrected chi connectivity index (χ1v) is 9.54. The van der Waals surface area contributed by atoms with Gasteiger partial charge in [0.2, 0.25) is 17.1 Å². The lowest BCUT2D eigenvalue weighted by Crippen LogP contribution is -2.06. The van der Waals surface area contributed by atoms with Gasteiger partial charge in [0.1, 0.15) is 0 Å². The zero-order valence-electron chi connectivity index (χ0n) is 17.8. The van der Waals surface area contributed by atoms with E-state index in [9.17, 15) is 9.59 Å². The molecule has 158 valence electrons. The first-order chi connectivity index (χ1) is 14.4. The lowest BCUT2D eigenvalue weighted by molar-refractivity contribution is -0.115. The molecule has 0 N–H and O–H groups in total. The molecule has 2 aromatic carbocycles. The van der Waals surface area contributed by atoms with Crippen LogP contribution in [0.15, 0.2) is 34.1 Å². The van der Waals surface area contributed by atoms with E-state index < -0.39 is 0 Å². The highest BCUT2D eigenvalue weighted by atomic mass is 16.5. The molecule has 0 radical (unpaired) electrons. The van der Waals surface area contributed by atoms with Gasteiger partial charge in [-0.2, -0.15) is 0 Å². The standard InChI is InChI=1S/C23H25NO6/c1-13(25)24-12-15-7-6-14-10-20(28-3)22(29-4)23(30-5)21(14)16-8-9-19(27-2)18(26)11-17(15)16/h8-12,15H,6-7H2,1-5H3/b24-12+/t15-/m1/s1. The van der Waals surface area contributed by atoms with E-state index in [4.69, 9.17) is 18.9 Å². The number of benzene rings is 1. The fourth-order valence-corrected chi connectivity index (χ4v) is 3.85. The molecular formula is C23H25NO6. The Labute approximate surface area is 175 Å². The quantitative estimate of drug-likeness (QED) is 0.702. The normalized spacial score (nSPS) is 15.0. The summed E-state index contributed by atoms with van der Waals surface area (Å²) in [5.74, 6) is 1.26. The molecule has 1 aliphatic rings. The van der Waals surface area contributed by atoms with Gasteiger partial charge in [0.15, 0.2) is 17.2 Å². The third kappa shape index (κ3) is 3.87. The largest absolute Gasteiger partial charge is 0.493 e. The molecule has 0 aliphatic heterocycles. The second-order valence-corrected chi connectivity index (χ2v) is 6.90. The zero-order valence-corrected chi connectivity index (χ0v) is 17.8. The Kier molecular flexibility index (Phi) is 6.40. The summed E-state index contributed by atoms with van der Waals surface area (Å²) in [6, 6.07) is 6.96. The molecule has 0 bridgehead atoms. The second kappa shape index (κ2) is 8.98. The lowest BCUT2D eigenvalue weighted by Gasteiger charge is -2.19. The maximum atomic E-state index is 12.7. The maximum absolute atomic E-state index is 12.7. The van der Waals surface area contributed by atoms with Gasteiger partial charge in [-0.3, -0.25) is 9.59 Å². The Balaban J connectivity index is 2.41. The average Bonchev–Trinajstić information content (AvgIpc) is 2.98. The SMILES string of the molecule is COc1cc2c(c(OC)c1OC)-c1ccc(OC)c(=O)cc1[C@@H](/C=N/C(C)=O)CC2. The van der Waals surface area contributed by atoms with Gasteiger partial charge in [-0.15, -0.1) is 0 Å². The first-order valence-electron chi connectivity index (χ1n) is 9.54. The summed E-state index contributed by atoms with van der Waals surface area (Å²) in [5.41, 5.74) is 3.10. The van der Waals surface area contributed by atoms with E-state index in [1.54, 1.807) is 39.7 Å². The van der Waals surface area contributed by atoms with Crippen LogP contribution in [0, 0.1) is 0 Å². The Morgan fingerprint density at radius 2 is 1.70 bits per heavy atom. The van der Waals surface area contributed by atoms with Gasteiger partial charge in [0.25, 0.3) is 0 Å². The number of ether oxygens (including phenoxy) is 4. The van der Waals surface area contributed by atoms with Gasteiger partial charge in [-0.1, -0.05) is 6.07 Å². The van der Waals surface area contributed by atoms with Gasteiger partial charge in [-0.05, 0) is 47.7 Å². The molecule has 1 amide bonds. The van der Waals surface area contributed by atoms with Crippen molar-refractivity contribution in [3.8, 4) is 34.1 Å². The van der Waals surface area contributed by atoms with Crippen LogP contribution in [-0.2, 0) is 11.2 Å². The van der Waals surface area contributed by atoms with Crippen LogP contribution in [0.25, 0.3) is 11.1 Å². The molecule has 0 saturated carbocycles. The van der Waals surface area contributed by atoms with Crippen molar-refractivity contribution in [1.29, 1.82) is 0 Å². The number of hydrogen-bond donors (Lipinski definition) is 0. The molecular weight excluding hydrogens is 386 g/mol. The average molecular weight is 411 g/mol. The Morgan fingerprint density at radius 3 is 2.30 bits per heavy atom. The molecule has 0 unspecified atom stereocenters. The minimum Gasteiger partial charge on any atom is -0.493 e. The van der Waals surface area contributed by atoms with Gasteiger partial charge < -0.3 is 18.9 Å². The van der Waals surface area contributed by atoms with Gasteiger partial charge in [0.05, 0.1) is 28.4 Å². The third-order valence-corrected chi connectivity index (χ3v) is 5.20. The van der Waals surface area contributed by atoms with Crippen LogP contribution in [0.5, 0.6) is 23.0 Å². The highest BCUT2D eigenvalue weighted by Crippen LogP contribution is 2.50. The molecule has 7 heteroatoms. The van der Waals surface area contributed by atoms with Crippen LogP contribution in [0.3, 0.4) is 0 Å². The molecule has 7 nitrogen and oxygen atoms in total. The lowest BCUT2D eigenvalue weighted by atomic mass is 9.93. The number of rotatable bonds is 5. The number of carbonyl (C=O) groups excluding carboxylic acids is 1. The predicted molar refractivity (Wildman–Crippen MR) is 115 cm³/mol. The van der Waals surface area contributed by atoms with Crippen molar-refractivity contribution >= 4 is 12.1 Å². The number of aliphatic imine (C=N–C) groups is 1. The predicted octanol–water partition coefficient (Wildman–Crippen LogP) is 3.40. The van der Waals surface area contributed by atoms with Crippen LogP contribution in [0.1, 0.15) is 30.4 Å². The monoisotopic (exact) mass is 411 g/mol. The number of carbonyl (C=O) groups is 1. The van der Waals surface area contributed by atoms with E-state index >= 15 is 0 Å². The van der Waals surface area contributed by atoms with Crippen molar-refractivity contribution < 1.29 is 23.7 Å². The van der Waals surface area contributed by atoms with Gasteiger partial charge >= 0.3 is 0 Å². The second-order valence-electron chi connectivity index (χ2n) is 6.90. The van der Waals surface area contributed by atoms with Crippen molar-refractivity contribution in [3.05, 3.63) is 45.6 Å². The first kappa shape index (κ1) is 21.4. The smallest absolute Gasteiger partial charge is 0.242 e. The Hall–Kier alpha value is -3.35. The fourth-order valence-electron chi connectivity index (χ4n) is 3.85. The van der Waals surface area contributed by atoms with Gasteiger partial charge in [0, 0.05) is 24.6 Å². The number of fused-ring (bicyclic) bond motifs is 3. The van der Waals surface area contributed by atoms with Crippen LogP contribution >= 0.6 is 0 Å². The minimum absolute atomic E-state index is 0.228. The molecule has 0 aromatic heterocycles. The van der Waals surface area contributed by atoms with Crippen LogP contribution in [0.2, 0.25) is 0 Å². The van der Waals surface area contributed by atoms with E-state index in [1.807, 2.05) is 12.1 Å². The topological polar surface area (TPSA) is 83.4 Å². The minimum atomic E-state index is -0.292. The molecule has 0 saturated heterocycles. The number of amides is 1. The molecule has 2 aromatic rings. The van der Waals surface area contributed by atoms with Crippen LogP contribution in [0.4, 0.5) is 0 Å². The molecule has 1 aliphatic carbocycles. The highest BCUT2D eigenvalue weighted by Gasteiger charge is 2.28. The summed E-state index contributed by atoms with van der Waals surface area (Å²) in [6.07, 6.45) is 2.94. The van der Waals surface area contributed by atoms with Crippen molar-refractivity contribution in [1.82, 2.24) is 0 Å². The molecule has 0 fully saturated rings. The van der Waals surface area contributed by atoms with Crippen molar-refractivity contribution in [2.45, 2.75) is 25.7 Å². The highest BCUT2D eigenvalue weighted by molar-refractivity contribution is 5.89. The van der Waals surface area contributed by atoms with Gasteiger partial charge in [-0.25, -0.2) is 4.99 Å². The zero-order chi connectivity index (χ0) is 21.8. The van der Waals surface area contributed by atoms with E-state index in [0.717, 1.165) is 22.3 Å². The summed E-state index contributed by atoms with van der Waals surface area (Å²) in [6.45, 7) is 1.40. The Morgan fingerprint density at radius 1 is 1.00 bits per heavy atom. The molecule has 30 heavy (non-hydrogen) atoms. The third-order valence-electron chi connectivity index (χ3n) is 5.20. The number of methoxy groups -OCH3 is 4. The van der Waals surface area contributed by atoms with Crippen molar-refractivity contribution in [3.63, 3.8) is 0 Å². The van der Waals surface area contributed by atoms with E-state index in [1.165, 1.54) is 14.0 Å². The summed E-state index contributed by atoms with van der Waals surface area (Å²) in [5, 5.41) is 0. The van der Waals surface area contributed by atoms with Crippen LogP contribution < -0.4 is 24.4 Å². The molecule has 0 spiro atoms. The molecule has 3 rings (SSSR count). The summed E-state index contributed by atoms with van der Waals surface area (Å²) < 4.78 is 22.1. The number of hydrogen-bond acceptors (Lipinski definition) is 6. The Bertz CT molecular complexity index is 1060. The summed E-state index contributed by atoms with van der Waals surface area (Å²) in [4.78, 5) is 28.1. The van der Waals surface area contributed by atoms with E-state index in [-0.39, 0.29) is 23.0 Å². The van der Waals surface area contributed by atoms with Crippen molar-refractivity contribution in [2.75, 3.05) is 28.4 Å². The number of nitrogens with zero attached hydrogens (tertiary/aromatic N) is 1. The maximum Gasteiger partial charge on any atom is 0.242 e. The van der Waals surface area contributed by atoms with Crippen molar-refractivity contribution in [2.24, 2.45) is 4.99 Å². The van der Waals surface area contributed by atoms with E-state index in [2.05, 4.69) is 4.99 Å². The molecule has 1 atom stereocenters. The number of aryl methyl sites for hydroxylation is 1. The fraction of sp³-hybridized carbons (Fsp3) is 0.348. The van der Waals surface area contributed by atoms with E-state index in [0.29, 0.717) is 30.1 Å². The van der Waals surface area contributed by atoms with Crippen LogP contribution in [-0.4, -0.2) is 40.6 Å².